The van der Waals surface area contributed by atoms with E-state index in [0.717, 1.165) is 54.9 Å². The molecule has 0 saturated carbocycles. The number of nitrogens with one attached hydrogen (secondary N) is 8. The van der Waals surface area contributed by atoms with Crippen LogP contribution in [0.25, 0.3) is 0 Å². The Hall–Kier alpha value is -19.4. The number of fused-ring (bicyclic) bond motifs is 16. The first-order chi connectivity index (χ1) is 90.5. The molecule has 0 atom stereocenters. The molecule has 8 N–H and O–H groups in total. The van der Waals surface area contributed by atoms with Crippen LogP contribution in [0.5, 0.6) is 0 Å². The van der Waals surface area contributed by atoms with Gasteiger partial charge < -0.3 is 81.7 Å². The van der Waals surface area contributed by atoms with Crippen LogP contribution in [0.3, 0.4) is 0 Å². The van der Waals surface area contributed by atoms with Crippen LogP contribution >= 0.6 is 0 Å². The minimum Gasteiger partial charge on any atom is -0.318 e. The highest BCUT2D eigenvalue weighted by Crippen LogP contribution is 2.44. The van der Waals surface area contributed by atoms with Crippen molar-refractivity contribution in [3.63, 3.8) is 0 Å². The molecule has 8 aliphatic heterocycles. The summed E-state index contributed by atoms with van der Waals surface area (Å²) in [6, 6.07) is 9.67. The van der Waals surface area contributed by atoms with Gasteiger partial charge in [0.2, 0.25) is 0 Å². The molecule has 24 rings (SSSR count). The molecule has 0 unspecified atom stereocenters. The Bertz CT molecular complexity index is 10500. The average Bonchev–Trinajstić information content (AvgIpc) is 1.53. The van der Waals surface area contributed by atoms with Crippen LogP contribution in [-0.4, -0.2) is 183 Å². The first-order valence-electron chi connectivity index (χ1n) is 66.8. The van der Waals surface area contributed by atoms with E-state index < -0.39 is 161 Å². The SMILES string of the molecule is [2H]c1cc(C([2H])([2H])[2H])c2c(n1)N(C)c1nc([2H])c([2H])cc1C(=O)N2.[2H]c1cc(C([2H])([2H])[2H])c2c(n1)N(C)c1nc([2H])c([2H])cc1C(=O)N2[2H].[2H]c1cc2c(nc1[2H])N(C)c1nc([2H])c([2H])c(C([2H])([2H])[2H])c1N([2H])C2=O.[2H]c1cc2c(nc1[2H])N(C)c1nc([2H])c([2H])c(C([2H])([2H])[2H])c1NC2=O.[2H]c1cc2c(nc1[2H])N(C)c1ncc([2H])c(C([2H])([2H])[2H])c1N([2H])C2=O.[2H]c1cc2c(nc1[2H])N(C)c1ncc([2H])c(C([2H])([2H])[2H])c1NC2=O.[2H]c1cc2c(nc1[2H])N(C)c1nccc(C([2H])([2H])[2H])c1N([2H])C2=O.[2H]c1cc2c(nc1[2H])N(C)c1nccc(C([2H])([2H])[2H])c1NC2=O. The van der Waals surface area contributed by atoms with Crippen molar-refractivity contribution in [2.45, 2.75) is 54.8 Å². The Balaban J connectivity index is 0.000000146. The molecule has 40 nitrogen and oxygen atoms in total. The van der Waals surface area contributed by atoms with Gasteiger partial charge in [-0.2, -0.15) is 0 Å². The van der Waals surface area contributed by atoms with Crippen molar-refractivity contribution in [2.75, 3.05) is 138 Å². The summed E-state index contributed by atoms with van der Waals surface area (Å²) in [5.41, 5.74) is -4.59. The van der Waals surface area contributed by atoms with Crippen LogP contribution in [-0.2, 0) is 0 Å². The molecule has 0 aromatic carbocycles. The topological polar surface area (TPSA) is 465 Å². The number of rotatable bonds is 0. The molecule has 8 aliphatic rings. The largest absolute Gasteiger partial charge is 0.318 e. The zero-order chi connectivity index (χ0) is 146. The molecular weight excluding hydrogens is 1830 g/mol. The van der Waals surface area contributed by atoms with Crippen molar-refractivity contribution < 1.29 is 110 Å². The van der Waals surface area contributed by atoms with Gasteiger partial charge in [0.05, 0.1) is 123 Å². The van der Waals surface area contributed by atoms with Crippen molar-refractivity contribution in [3.05, 3.63) is 333 Å². The van der Waals surface area contributed by atoms with Gasteiger partial charge in [-0.15, -0.1) is 0 Å². The highest BCUT2D eigenvalue weighted by atomic mass is 16.2. The minimum absolute atomic E-state index is 0.0104. The van der Waals surface area contributed by atoms with Crippen molar-refractivity contribution >= 4 is 186 Å². The summed E-state index contributed by atoms with van der Waals surface area (Å²) in [6.07, 6.45) is 0.167. The number of nitrogens with zero attached hydrogens (tertiary/aromatic N) is 24. The van der Waals surface area contributed by atoms with Gasteiger partial charge in [-0.05, 0) is 245 Å². The third-order valence-corrected chi connectivity index (χ3v) is 21.1. The molecule has 0 saturated heterocycles. The highest BCUT2D eigenvalue weighted by Gasteiger charge is 2.35. The van der Waals surface area contributed by atoms with Gasteiger partial charge >= 0.3 is 0 Å². The van der Waals surface area contributed by atoms with E-state index in [2.05, 4.69) is 101 Å². The number of anilines is 24. The quantitative estimate of drug-likeness (QED) is 0.0699. The predicted octanol–water partition coefficient (Wildman–Crippen LogP) is 16.9. The van der Waals surface area contributed by atoms with Crippen molar-refractivity contribution in [2.24, 2.45) is 0 Å². The summed E-state index contributed by atoms with van der Waals surface area (Å²) in [6.45, 7) is -21.2. The molecular formula is C104H96N32O8. The number of hydrogen-bond acceptors (Lipinski definition) is 32. The maximum Gasteiger partial charge on any atom is 0.259 e. The Morgan fingerprint density at radius 2 is 0.375 bits per heavy atom. The molecule has 40 heteroatoms. The lowest BCUT2D eigenvalue weighted by Gasteiger charge is -2.18. The van der Waals surface area contributed by atoms with E-state index in [4.69, 9.17) is 71.4 Å². The summed E-state index contributed by atoms with van der Waals surface area (Å²) < 4.78 is 401. The zero-order valence-electron chi connectivity index (χ0n) is 127. The number of aryl methyl sites for hydroxylation is 4. The lowest BCUT2D eigenvalue weighted by Crippen LogP contribution is -2.14. The van der Waals surface area contributed by atoms with Gasteiger partial charge in [-0.25, -0.2) is 79.7 Å². The maximum absolute atomic E-state index is 12.7. The number of carbonyl (C=O) groups is 8. The zero-order valence-corrected chi connectivity index (χ0v) is 75.0. The number of amides is 8. The summed E-state index contributed by atoms with van der Waals surface area (Å²) in [5.74, 6) is -6.03. The number of hydrogen-bond donors (Lipinski definition) is 8. The Kier molecular flexibility index (Phi) is 14.6. The van der Waals surface area contributed by atoms with Crippen LogP contribution in [0.2, 0.25) is 5.65 Å². The molecule has 0 fully saturated rings. The third kappa shape index (κ3) is 19.0. The summed E-state index contributed by atoms with van der Waals surface area (Å²) >= 11 is 0. The molecule has 144 heavy (non-hydrogen) atoms. The number of pyridine rings is 16. The molecule has 0 bridgehead atoms. The normalized spacial score (nSPS) is 19.6. The molecule has 16 aromatic rings. The van der Waals surface area contributed by atoms with Crippen LogP contribution in [0.4, 0.5) is 139 Å². The second-order valence-electron chi connectivity index (χ2n) is 29.8. The smallest absolute Gasteiger partial charge is 0.259 e. The molecule has 0 radical (unpaired) electrons. The molecule has 16 aromatic heterocycles. The van der Waals surface area contributed by atoms with Crippen LogP contribution in [0, 0.1) is 54.8 Å². The van der Waals surface area contributed by atoms with Crippen molar-refractivity contribution in [3.8, 4) is 0 Å². The summed E-state index contributed by atoms with van der Waals surface area (Å²) in [7, 11) is 11.8. The predicted molar refractivity (Wildman–Crippen MR) is 554 cm³/mol. The van der Waals surface area contributed by atoms with E-state index in [1.807, 2.05) is 0 Å². The van der Waals surface area contributed by atoms with E-state index >= 15 is 0 Å². The monoisotopic (exact) mass is 1970 g/mol. The lowest BCUT2D eigenvalue weighted by atomic mass is 10.2. The lowest BCUT2D eigenvalue weighted by molar-refractivity contribution is 0.101. The molecule has 0 aliphatic carbocycles. The first kappa shape index (κ1) is 51.3. The fourth-order valence-corrected chi connectivity index (χ4v) is 14.1. The van der Waals surface area contributed by atoms with Gasteiger partial charge in [0.15, 0.2) is 52.2 Å². The second kappa shape index (κ2) is 41.1. The Morgan fingerprint density at radius 3 is 0.653 bits per heavy atom. The van der Waals surface area contributed by atoms with E-state index in [1.165, 1.54) is 131 Å². The van der Waals surface area contributed by atoms with E-state index in [9.17, 15) is 38.4 Å². The van der Waals surface area contributed by atoms with E-state index in [1.54, 1.807) is 7.05 Å². The molecule has 24 heterocycles. The Morgan fingerprint density at radius 1 is 0.194 bits per heavy atom. The van der Waals surface area contributed by atoms with Gasteiger partial charge in [-0.3, -0.25) is 38.4 Å². The molecule has 0 spiro atoms. The van der Waals surface area contributed by atoms with Crippen LogP contribution in [0.1, 0.15) is 193 Å². The number of carbonyl (C=O) groups excluding carboxylic acids is 8. The Labute approximate surface area is 900 Å². The van der Waals surface area contributed by atoms with Crippen molar-refractivity contribution in [1.29, 1.82) is 0 Å². The van der Waals surface area contributed by atoms with Gasteiger partial charge in [0.1, 0.15) is 46.5 Å². The molecule has 720 valence electrons. The van der Waals surface area contributed by atoms with Gasteiger partial charge in [0.25, 0.3) is 47.3 Å². The summed E-state index contributed by atoms with van der Waals surface area (Å²) in [5, 5.41) is 11.4. The van der Waals surface area contributed by atoms with E-state index in [-0.39, 0.29) is 320 Å². The fraction of sp³-hybridized carbons (Fsp3) is 0.154. The second-order valence-corrected chi connectivity index (χ2v) is 29.8. The van der Waals surface area contributed by atoms with Crippen LogP contribution < -0.4 is 81.7 Å². The standard InChI is InChI=1S/8C13H12N4O/c8*1-8-5-7-15-12-10(8)16-13(18)9-4-3-6-14-11(9)17(12)2/h8*3-7H,1-2H3,(H,16,18)/i2*1D3,3D,5D,6D,7D;2*1D3,3D,6D,7D;2*1D3,3D,5D,6D;2*1D3,3D,6D/hD4. The average molecular weight is 1970 g/mol. The van der Waals surface area contributed by atoms with Crippen LogP contribution in [0.15, 0.2) is 244 Å². The van der Waals surface area contributed by atoms with Crippen molar-refractivity contribution in [1.82, 2.24) is 79.7 Å². The number of aromatic nitrogens is 16. The van der Waals surface area contributed by atoms with Gasteiger partial charge in [0, 0.05) is 188 Å². The first-order valence-corrected chi connectivity index (χ1v) is 41.0. The third-order valence-electron chi connectivity index (χ3n) is 21.1. The maximum atomic E-state index is 12.7. The summed E-state index contributed by atoms with van der Waals surface area (Å²) in [4.78, 5) is 174. The van der Waals surface area contributed by atoms with Gasteiger partial charge in [-0.1, -0.05) is 0 Å². The molecule has 8 amide bonds. The minimum atomic E-state index is -2.87. The fourth-order valence-electron chi connectivity index (χ4n) is 14.1. The highest BCUT2D eigenvalue weighted by molar-refractivity contribution is 6.18. The van der Waals surface area contributed by atoms with E-state index in [0.29, 0.717) is 15.9 Å².